The zero-order valence-electron chi connectivity index (χ0n) is 27.9. The third-order valence-electron chi connectivity index (χ3n) is 7.30. The Morgan fingerprint density at radius 1 is 0.642 bits per heavy atom. The van der Waals surface area contributed by atoms with Gasteiger partial charge in [-0.15, -0.1) is 0 Å². The van der Waals surface area contributed by atoms with Crippen molar-refractivity contribution in [3.05, 3.63) is 47.8 Å². The molecule has 0 fully saturated rings. The highest BCUT2D eigenvalue weighted by Crippen LogP contribution is 2.56. The molecule has 1 heterocycles. The molecule has 0 aliphatic heterocycles. The van der Waals surface area contributed by atoms with Gasteiger partial charge in [0.1, 0.15) is 6.61 Å². The van der Waals surface area contributed by atoms with Gasteiger partial charge in [-0.25, -0.2) is 19.4 Å². The molecule has 53 heavy (non-hydrogen) atoms. The summed E-state index contributed by atoms with van der Waals surface area (Å²) in [5.74, 6) is -9.53. The fourth-order valence-corrected chi connectivity index (χ4v) is 4.49. The number of hydrogen-bond acceptors (Lipinski definition) is 5. The molecule has 0 spiro atoms. The Kier molecular flexibility index (Phi) is 16.3. The Morgan fingerprint density at radius 3 is 1.79 bits per heavy atom. The molecule has 0 amide bonds. The van der Waals surface area contributed by atoms with Crippen LogP contribution in [0, 0.1) is 11.8 Å². The number of hydrogen-bond donors (Lipinski definition) is 0. The van der Waals surface area contributed by atoms with Gasteiger partial charge in [0.15, 0.2) is 5.82 Å². The highest BCUT2D eigenvalue weighted by Gasteiger charge is 2.85. The average molecular weight is 793 g/mol. The summed E-state index contributed by atoms with van der Waals surface area (Å²) in [5.41, 5.74) is 2.27. The van der Waals surface area contributed by atoms with E-state index in [1.165, 1.54) is 12.8 Å². The highest BCUT2D eigenvalue weighted by atomic mass is 19.4. The second kappa shape index (κ2) is 18.8. The Morgan fingerprint density at radius 2 is 1.21 bits per heavy atom. The minimum absolute atomic E-state index is 0.0267. The number of aromatic nitrogens is 2. The van der Waals surface area contributed by atoms with Crippen LogP contribution in [0.3, 0.4) is 0 Å². The molecular weight excluding hydrogens is 757 g/mol. The summed E-state index contributed by atoms with van der Waals surface area (Å²) in [6.45, 7) is -0.802. The van der Waals surface area contributed by atoms with Crippen LogP contribution in [0.1, 0.15) is 82.3 Å². The normalized spacial score (nSPS) is 13.6. The summed E-state index contributed by atoms with van der Waals surface area (Å²) >= 11 is 0. The summed E-state index contributed by atoms with van der Waals surface area (Å²) in [4.78, 5) is 8.46. The second-order valence-electron chi connectivity index (χ2n) is 11.7. The lowest BCUT2D eigenvalue weighted by Gasteiger charge is -2.36. The third-order valence-corrected chi connectivity index (χ3v) is 7.30. The molecule has 2 rings (SSSR count). The van der Waals surface area contributed by atoms with Crippen molar-refractivity contribution in [3.63, 3.8) is 0 Å². The number of halogens is 15. The summed E-state index contributed by atoms with van der Waals surface area (Å²) in [6.07, 6.45) is -22.6. The van der Waals surface area contributed by atoms with Crippen LogP contribution in [0.15, 0.2) is 36.7 Å². The third kappa shape index (κ3) is 12.9. The molecule has 0 aliphatic carbocycles. The van der Waals surface area contributed by atoms with E-state index < -0.39 is 55.7 Å². The summed E-state index contributed by atoms with van der Waals surface area (Å²) in [5, 5.41) is 0. The van der Waals surface area contributed by atoms with Crippen molar-refractivity contribution in [2.24, 2.45) is 0 Å². The molecule has 20 heteroatoms. The monoisotopic (exact) mass is 792 g/mol. The minimum atomic E-state index is -7.92. The predicted molar refractivity (Wildman–Crippen MR) is 159 cm³/mol. The molecule has 0 N–H and O–H groups in total. The first-order valence-electron chi connectivity index (χ1n) is 16.1. The molecule has 5 nitrogen and oxygen atoms in total. The van der Waals surface area contributed by atoms with Crippen molar-refractivity contribution >= 4 is 0 Å². The first kappa shape index (κ1) is 45.8. The van der Waals surface area contributed by atoms with Crippen molar-refractivity contribution < 1.29 is 80.1 Å². The van der Waals surface area contributed by atoms with Crippen LogP contribution in [0.25, 0.3) is 11.4 Å². The second-order valence-corrected chi connectivity index (χ2v) is 11.7. The van der Waals surface area contributed by atoms with Crippen LogP contribution in [-0.4, -0.2) is 65.6 Å². The molecule has 0 bridgehead atoms. The smallest absolute Gasteiger partial charge is 0.372 e. The van der Waals surface area contributed by atoms with E-state index in [4.69, 9.17) is 0 Å². The van der Waals surface area contributed by atoms with E-state index in [1.807, 2.05) is 6.07 Å². The molecule has 0 unspecified atom stereocenters. The van der Waals surface area contributed by atoms with E-state index >= 15 is 0 Å². The Hall–Kier alpha value is -3.31. The van der Waals surface area contributed by atoms with Gasteiger partial charge in [0.25, 0.3) is 0 Å². The van der Waals surface area contributed by atoms with Crippen molar-refractivity contribution in [1.82, 2.24) is 9.97 Å². The maximum atomic E-state index is 13.8. The van der Waals surface area contributed by atoms with Crippen LogP contribution in [-0.2, 0) is 20.6 Å². The first-order valence-corrected chi connectivity index (χ1v) is 16.1. The van der Waals surface area contributed by atoms with Crippen molar-refractivity contribution in [2.45, 2.75) is 120 Å². The number of alkyl halides is 15. The molecule has 0 saturated carbocycles. The fourth-order valence-electron chi connectivity index (χ4n) is 4.49. The summed E-state index contributed by atoms with van der Waals surface area (Å²) < 4.78 is 206. The van der Waals surface area contributed by atoms with Crippen LogP contribution in [0.2, 0.25) is 0 Å². The molecule has 300 valence electrons. The number of rotatable bonds is 22. The SMILES string of the molecule is CCCCCCCCCCc1cc(-c2ncccn2)ccc1C#CCCCOCC(F)(F)OC(F)(F)C(F)(F)OC(F)(F)C(F)(F)C(F)(F)C(F)(F)F. The average Bonchev–Trinajstić information content (AvgIpc) is 3.04. The Balaban J connectivity index is 1.97. The van der Waals surface area contributed by atoms with Gasteiger partial charge < -0.3 is 4.74 Å². The number of nitrogens with zero attached hydrogens (tertiary/aromatic N) is 2. The standard InChI is InChI=1S/C33H35F15N2O3/c1-2-3-4-5-6-7-8-10-15-24-21-25(26-49-18-13-19-50-26)17-16-23(24)14-11-9-12-20-51-22-27(34,35)52-32(45,46)33(47,48)53-31(43,44)29(38,39)28(36,37)30(40,41)42/h13,16-19,21H,2-10,12,15,20,22H2,1H3. The maximum Gasteiger partial charge on any atom is 0.460 e. The van der Waals surface area contributed by atoms with Crippen LogP contribution < -0.4 is 0 Å². The number of benzene rings is 1. The van der Waals surface area contributed by atoms with Gasteiger partial charge in [-0.1, -0.05) is 63.7 Å². The van der Waals surface area contributed by atoms with Gasteiger partial charge in [0.2, 0.25) is 0 Å². The lowest BCUT2D eigenvalue weighted by Crippen LogP contribution is -2.64. The van der Waals surface area contributed by atoms with E-state index in [9.17, 15) is 65.9 Å². The quantitative estimate of drug-likeness (QED) is 0.0675. The van der Waals surface area contributed by atoms with Gasteiger partial charge in [0, 0.05) is 36.5 Å². The predicted octanol–water partition coefficient (Wildman–Crippen LogP) is 11.2. The highest BCUT2D eigenvalue weighted by molar-refractivity contribution is 5.59. The molecule has 0 radical (unpaired) electrons. The zero-order chi connectivity index (χ0) is 40.2. The van der Waals surface area contributed by atoms with E-state index in [1.54, 1.807) is 35.3 Å². The molecule has 1 aromatic carbocycles. The molecule has 0 aliphatic rings. The Labute approximate surface area is 294 Å². The number of aryl methyl sites for hydroxylation is 1. The molecular formula is C33H35F15N2O3. The first-order chi connectivity index (χ1) is 24.4. The van der Waals surface area contributed by atoms with Gasteiger partial charge in [0.05, 0.1) is 0 Å². The molecule has 0 atom stereocenters. The van der Waals surface area contributed by atoms with E-state index in [0.717, 1.165) is 49.7 Å². The molecule has 2 aromatic rings. The van der Waals surface area contributed by atoms with Crippen LogP contribution in [0.5, 0.6) is 0 Å². The Bertz CT molecular complexity index is 1480. The van der Waals surface area contributed by atoms with Crippen molar-refractivity contribution in [3.8, 4) is 23.2 Å². The van der Waals surface area contributed by atoms with Gasteiger partial charge in [-0.05, 0) is 49.1 Å². The number of ether oxygens (including phenoxy) is 3. The summed E-state index contributed by atoms with van der Waals surface area (Å²) in [7, 11) is 0. The van der Waals surface area contributed by atoms with Gasteiger partial charge in [-0.3, -0.25) is 0 Å². The largest absolute Gasteiger partial charge is 0.460 e. The van der Waals surface area contributed by atoms with E-state index in [-0.39, 0.29) is 12.8 Å². The lowest BCUT2D eigenvalue weighted by molar-refractivity contribution is -0.543. The van der Waals surface area contributed by atoms with Crippen molar-refractivity contribution in [2.75, 3.05) is 13.2 Å². The number of unbranched alkanes of at least 4 members (excludes halogenated alkanes) is 8. The van der Waals surface area contributed by atoms with Gasteiger partial charge >= 0.3 is 42.5 Å². The van der Waals surface area contributed by atoms with Crippen LogP contribution >= 0.6 is 0 Å². The molecule has 1 aromatic heterocycles. The van der Waals surface area contributed by atoms with E-state index in [0.29, 0.717) is 17.8 Å². The fraction of sp³-hybridized carbons (Fsp3) is 0.636. The minimum Gasteiger partial charge on any atom is -0.372 e. The lowest BCUT2D eigenvalue weighted by atomic mass is 9.97. The zero-order valence-corrected chi connectivity index (χ0v) is 27.9. The van der Waals surface area contributed by atoms with E-state index in [2.05, 4.69) is 38.2 Å². The maximum absolute atomic E-state index is 13.8. The van der Waals surface area contributed by atoms with Crippen LogP contribution in [0.4, 0.5) is 65.9 Å². The summed E-state index contributed by atoms with van der Waals surface area (Å²) in [6, 6.07) is 7.03. The molecule has 0 saturated heterocycles. The van der Waals surface area contributed by atoms with Crippen molar-refractivity contribution in [1.29, 1.82) is 0 Å². The van der Waals surface area contributed by atoms with Gasteiger partial charge in [-0.2, -0.15) is 65.9 Å². The topological polar surface area (TPSA) is 53.5 Å².